The number of amides is 2. The Morgan fingerprint density at radius 2 is 2.20 bits per heavy atom. The number of hydrogen-bond acceptors (Lipinski definition) is 4. The van der Waals surface area contributed by atoms with E-state index >= 15 is 0 Å². The number of rotatable bonds is 5. The third-order valence-corrected chi connectivity index (χ3v) is 4.62. The van der Waals surface area contributed by atoms with Gasteiger partial charge in [0.15, 0.2) is 5.11 Å². The summed E-state index contributed by atoms with van der Waals surface area (Å²) in [6.45, 7) is 0.489. The first kappa shape index (κ1) is 17.4. The summed E-state index contributed by atoms with van der Waals surface area (Å²) in [5.41, 5.74) is 1.44. The molecule has 1 aromatic rings. The zero-order valence-electron chi connectivity index (χ0n) is 13.9. The van der Waals surface area contributed by atoms with E-state index in [0.717, 1.165) is 19.3 Å². The minimum Gasteiger partial charge on any atom is -0.465 e. The number of carbonyl (C=O) groups is 2. The van der Waals surface area contributed by atoms with Crippen LogP contribution in [0.1, 0.15) is 37.9 Å². The number of carbonyl (C=O) groups excluding carboxylic acids is 2. The lowest BCUT2D eigenvalue weighted by atomic mass is 9.97. The Morgan fingerprint density at radius 3 is 2.92 bits per heavy atom. The summed E-state index contributed by atoms with van der Waals surface area (Å²) in [7, 11) is 0. The third kappa shape index (κ3) is 4.33. The highest BCUT2D eigenvalue weighted by atomic mass is 32.1. The van der Waals surface area contributed by atoms with E-state index in [1.165, 1.54) is 29.4 Å². The maximum Gasteiger partial charge on any atom is 0.265 e. The highest BCUT2D eigenvalue weighted by Gasteiger charge is 2.32. The smallest absolute Gasteiger partial charge is 0.265 e. The fraction of sp³-hybridized carbons (Fsp3) is 0.316. The SMILES string of the molecule is O=C1NC(=S)N(CCC2=CCCCC2)C(=O)/C1=C/C=C/c1ccco1. The number of allylic oxidation sites excluding steroid dienone is 3. The molecule has 1 aromatic heterocycles. The molecule has 0 bridgehead atoms. The lowest BCUT2D eigenvalue weighted by molar-refractivity contribution is -0.129. The van der Waals surface area contributed by atoms with E-state index in [2.05, 4.69) is 11.4 Å². The fourth-order valence-corrected chi connectivity index (χ4v) is 3.20. The number of nitrogens with one attached hydrogen (secondary N) is 1. The van der Waals surface area contributed by atoms with E-state index in [1.807, 2.05) is 0 Å². The monoisotopic (exact) mass is 356 g/mol. The van der Waals surface area contributed by atoms with E-state index in [0.29, 0.717) is 12.3 Å². The Bertz CT molecular complexity index is 760. The molecule has 2 amide bonds. The highest BCUT2D eigenvalue weighted by Crippen LogP contribution is 2.21. The molecule has 1 saturated heterocycles. The first-order chi connectivity index (χ1) is 12.1. The van der Waals surface area contributed by atoms with Crippen LogP contribution in [0.5, 0.6) is 0 Å². The summed E-state index contributed by atoms with van der Waals surface area (Å²) in [5, 5.41) is 2.77. The minimum atomic E-state index is -0.466. The number of furan rings is 1. The number of nitrogens with zero attached hydrogens (tertiary/aromatic N) is 1. The third-order valence-electron chi connectivity index (χ3n) is 4.29. The summed E-state index contributed by atoms with van der Waals surface area (Å²) in [6, 6.07) is 3.56. The van der Waals surface area contributed by atoms with Gasteiger partial charge < -0.3 is 4.42 Å². The average molecular weight is 356 g/mol. The summed E-state index contributed by atoms with van der Waals surface area (Å²) >= 11 is 5.17. The summed E-state index contributed by atoms with van der Waals surface area (Å²) in [5.74, 6) is -0.168. The van der Waals surface area contributed by atoms with Crippen molar-refractivity contribution < 1.29 is 14.0 Å². The summed E-state index contributed by atoms with van der Waals surface area (Å²) in [4.78, 5) is 26.2. The van der Waals surface area contributed by atoms with Crippen LogP contribution >= 0.6 is 12.2 Å². The largest absolute Gasteiger partial charge is 0.465 e. The molecule has 1 aliphatic carbocycles. The van der Waals surface area contributed by atoms with Crippen molar-refractivity contribution in [3.63, 3.8) is 0 Å². The van der Waals surface area contributed by atoms with Crippen molar-refractivity contribution in [1.29, 1.82) is 0 Å². The number of thiocarbonyl (C=S) groups is 1. The molecule has 2 heterocycles. The van der Waals surface area contributed by atoms with Crippen molar-refractivity contribution in [3.8, 4) is 0 Å². The maximum absolute atomic E-state index is 12.6. The van der Waals surface area contributed by atoms with Gasteiger partial charge in [-0.05, 0) is 68.6 Å². The molecule has 0 spiro atoms. The Morgan fingerprint density at radius 1 is 1.32 bits per heavy atom. The predicted octanol–water partition coefficient (Wildman–Crippen LogP) is 3.35. The topological polar surface area (TPSA) is 62.6 Å². The van der Waals surface area contributed by atoms with Gasteiger partial charge in [-0.2, -0.15) is 0 Å². The molecule has 6 heteroatoms. The van der Waals surface area contributed by atoms with Crippen LogP contribution < -0.4 is 5.32 Å². The second-order valence-corrected chi connectivity index (χ2v) is 6.42. The molecular formula is C19H20N2O3S. The van der Waals surface area contributed by atoms with Crippen LogP contribution in [-0.4, -0.2) is 28.4 Å². The first-order valence-electron chi connectivity index (χ1n) is 8.42. The van der Waals surface area contributed by atoms with Crippen LogP contribution in [0.25, 0.3) is 6.08 Å². The molecule has 0 unspecified atom stereocenters. The lowest BCUT2D eigenvalue weighted by Gasteiger charge is -2.29. The van der Waals surface area contributed by atoms with Crippen molar-refractivity contribution in [2.24, 2.45) is 0 Å². The minimum absolute atomic E-state index is 0.0778. The van der Waals surface area contributed by atoms with Crippen LogP contribution in [0.15, 0.2) is 52.2 Å². The standard InChI is InChI=1S/C19H20N2O3S/c22-17-16(10-4-8-15-9-5-13-24-15)18(23)21(19(25)20-17)12-11-14-6-2-1-3-7-14/h4-6,8-10,13H,1-3,7,11-12H2,(H,20,22,25)/b8-4+,16-10+. The van der Waals surface area contributed by atoms with Crippen molar-refractivity contribution in [2.75, 3.05) is 6.54 Å². The van der Waals surface area contributed by atoms with Crippen LogP contribution in [-0.2, 0) is 9.59 Å². The van der Waals surface area contributed by atoms with Gasteiger partial charge >= 0.3 is 0 Å². The second-order valence-electron chi connectivity index (χ2n) is 6.03. The van der Waals surface area contributed by atoms with Gasteiger partial charge in [0.2, 0.25) is 0 Å². The van der Waals surface area contributed by atoms with Gasteiger partial charge in [-0.25, -0.2) is 0 Å². The Hall–Kier alpha value is -2.47. The molecule has 2 aliphatic rings. The van der Waals surface area contributed by atoms with Crippen molar-refractivity contribution in [1.82, 2.24) is 10.2 Å². The van der Waals surface area contributed by atoms with E-state index in [-0.39, 0.29) is 16.6 Å². The van der Waals surface area contributed by atoms with Gasteiger partial charge in [0.25, 0.3) is 11.8 Å². The van der Waals surface area contributed by atoms with Crippen LogP contribution in [0.2, 0.25) is 0 Å². The molecule has 1 aliphatic heterocycles. The van der Waals surface area contributed by atoms with Crippen LogP contribution in [0.4, 0.5) is 0 Å². The van der Waals surface area contributed by atoms with E-state index < -0.39 is 5.91 Å². The maximum atomic E-state index is 12.6. The molecule has 0 radical (unpaired) electrons. The second kappa shape index (κ2) is 8.07. The van der Waals surface area contributed by atoms with Gasteiger partial charge in [-0.1, -0.05) is 17.7 Å². The van der Waals surface area contributed by atoms with Crippen molar-refractivity contribution in [3.05, 3.63) is 53.5 Å². The molecule has 25 heavy (non-hydrogen) atoms. The normalized spacial score (nSPS) is 20.3. The average Bonchev–Trinajstić information content (AvgIpc) is 3.12. The Labute approximate surface area is 152 Å². The molecule has 0 atom stereocenters. The molecule has 130 valence electrons. The fourth-order valence-electron chi connectivity index (χ4n) is 2.93. The quantitative estimate of drug-likeness (QED) is 0.380. The van der Waals surface area contributed by atoms with Gasteiger partial charge in [0.05, 0.1) is 6.26 Å². The van der Waals surface area contributed by atoms with Crippen molar-refractivity contribution in [2.45, 2.75) is 32.1 Å². The molecule has 5 nitrogen and oxygen atoms in total. The van der Waals surface area contributed by atoms with Crippen LogP contribution in [0, 0.1) is 0 Å². The highest BCUT2D eigenvalue weighted by molar-refractivity contribution is 7.80. The van der Waals surface area contributed by atoms with E-state index in [9.17, 15) is 9.59 Å². The first-order valence-corrected chi connectivity index (χ1v) is 8.83. The number of hydrogen-bond donors (Lipinski definition) is 1. The molecule has 3 rings (SSSR count). The zero-order valence-corrected chi connectivity index (χ0v) is 14.7. The van der Waals surface area contributed by atoms with Crippen LogP contribution in [0.3, 0.4) is 0 Å². The van der Waals surface area contributed by atoms with Gasteiger partial charge in [0.1, 0.15) is 11.3 Å². The van der Waals surface area contributed by atoms with E-state index in [1.54, 1.807) is 30.5 Å². The summed E-state index contributed by atoms with van der Waals surface area (Å²) in [6.07, 6.45) is 14.0. The molecule has 1 N–H and O–H groups in total. The molecular weight excluding hydrogens is 336 g/mol. The lowest BCUT2D eigenvalue weighted by Crippen LogP contribution is -2.54. The Balaban J connectivity index is 1.69. The Kier molecular flexibility index (Phi) is 5.60. The van der Waals surface area contributed by atoms with E-state index in [4.69, 9.17) is 16.6 Å². The zero-order chi connectivity index (χ0) is 17.6. The molecule has 0 saturated carbocycles. The summed E-state index contributed by atoms with van der Waals surface area (Å²) < 4.78 is 5.18. The van der Waals surface area contributed by atoms with Gasteiger partial charge in [-0.15, -0.1) is 0 Å². The molecule has 0 aromatic carbocycles. The van der Waals surface area contributed by atoms with Gasteiger partial charge in [-0.3, -0.25) is 19.8 Å². The predicted molar refractivity (Wildman–Crippen MR) is 99.4 cm³/mol. The van der Waals surface area contributed by atoms with Gasteiger partial charge in [0, 0.05) is 6.54 Å². The van der Waals surface area contributed by atoms with Crippen molar-refractivity contribution >= 4 is 35.2 Å². The molecule has 1 fully saturated rings.